The fourth-order valence-electron chi connectivity index (χ4n) is 3.84. The smallest absolute Gasteiger partial charge is 0.243 e. The summed E-state index contributed by atoms with van der Waals surface area (Å²) in [7, 11) is 1.64. The predicted molar refractivity (Wildman–Crippen MR) is 153 cm³/mol. The Labute approximate surface area is 229 Å². The summed E-state index contributed by atoms with van der Waals surface area (Å²) in [4.78, 5) is 28.9. The highest BCUT2D eigenvalue weighted by Gasteiger charge is 2.30. The number of ether oxygens (including phenoxy) is 1. The van der Waals surface area contributed by atoms with Crippen LogP contribution in [0.2, 0.25) is 5.02 Å². The van der Waals surface area contributed by atoms with E-state index in [1.54, 1.807) is 12.0 Å². The fourth-order valence-corrected chi connectivity index (χ4v) is 4.84. The number of halogens is 1. The maximum absolute atomic E-state index is 13.7. The molecule has 0 radical (unpaired) electrons. The Hall–Kier alpha value is -2.96. The molecular formula is C30H35ClN2O3S. The molecule has 0 fully saturated rings. The summed E-state index contributed by atoms with van der Waals surface area (Å²) in [6, 6.07) is 24.5. The molecule has 2 unspecified atom stereocenters. The first-order valence-corrected chi connectivity index (χ1v) is 14.0. The molecule has 1 N–H and O–H groups in total. The second kappa shape index (κ2) is 14.7. The highest BCUT2D eigenvalue weighted by Crippen LogP contribution is 2.21. The number of carbonyl (C=O) groups excluding carboxylic acids is 2. The zero-order valence-electron chi connectivity index (χ0n) is 21.7. The molecule has 0 aromatic heterocycles. The van der Waals surface area contributed by atoms with Gasteiger partial charge in [0.05, 0.1) is 12.9 Å². The first-order chi connectivity index (χ1) is 17.9. The highest BCUT2D eigenvalue weighted by atomic mass is 35.5. The van der Waals surface area contributed by atoms with Crippen LogP contribution < -0.4 is 10.1 Å². The molecule has 0 aliphatic rings. The Bertz CT molecular complexity index is 1120. The molecule has 37 heavy (non-hydrogen) atoms. The van der Waals surface area contributed by atoms with E-state index in [-0.39, 0.29) is 23.6 Å². The van der Waals surface area contributed by atoms with Gasteiger partial charge < -0.3 is 15.0 Å². The Kier molecular flexibility index (Phi) is 11.4. The number of carbonyl (C=O) groups is 2. The molecule has 0 saturated carbocycles. The van der Waals surface area contributed by atoms with Gasteiger partial charge in [0.1, 0.15) is 11.8 Å². The molecule has 0 aliphatic heterocycles. The van der Waals surface area contributed by atoms with Crippen LogP contribution >= 0.6 is 23.4 Å². The SMILES string of the molecule is CCC(C)NC(=O)C(Cc1ccccc1)N(Cc1ccc(Cl)cc1)C(=O)CSCc1ccc(OC)cc1. The monoisotopic (exact) mass is 538 g/mol. The number of methoxy groups -OCH3 is 1. The first-order valence-electron chi connectivity index (χ1n) is 12.5. The van der Waals surface area contributed by atoms with Crippen molar-refractivity contribution >= 4 is 35.2 Å². The van der Waals surface area contributed by atoms with Crippen molar-refractivity contribution in [3.63, 3.8) is 0 Å². The van der Waals surface area contributed by atoms with Gasteiger partial charge in [-0.05, 0) is 54.3 Å². The quantitative estimate of drug-likeness (QED) is 0.284. The Balaban J connectivity index is 1.82. The molecule has 7 heteroatoms. The zero-order chi connectivity index (χ0) is 26.6. The van der Waals surface area contributed by atoms with Gasteiger partial charge in [-0.2, -0.15) is 0 Å². The van der Waals surface area contributed by atoms with Gasteiger partial charge in [-0.3, -0.25) is 9.59 Å². The molecule has 0 aliphatic carbocycles. The Morgan fingerprint density at radius 2 is 1.59 bits per heavy atom. The molecular weight excluding hydrogens is 504 g/mol. The number of rotatable bonds is 13. The lowest BCUT2D eigenvalue weighted by Gasteiger charge is -2.32. The lowest BCUT2D eigenvalue weighted by Crippen LogP contribution is -2.52. The Morgan fingerprint density at radius 3 is 2.22 bits per heavy atom. The van der Waals surface area contributed by atoms with Crippen molar-refractivity contribution in [3.05, 3.63) is 101 Å². The van der Waals surface area contributed by atoms with Crippen molar-refractivity contribution in [2.75, 3.05) is 12.9 Å². The number of hydrogen-bond acceptors (Lipinski definition) is 4. The number of thioether (sulfide) groups is 1. The van der Waals surface area contributed by atoms with Crippen molar-refractivity contribution in [1.29, 1.82) is 0 Å². The van der Waals surface area contributed by atoms with Crippen molar-refractivity contribution in [3.8, 4) is 5.75 Å². The third-order valence-corrected chi connectivity index (χ3v) is 7.43. The summed E-state index contributed by atoms with van der Waals surface area (Å²) in [5.41, 5.74) is 3.04. The molecule has 0 heterocycles. The van der Waals surface area contributed by atoms with E-state index in [1.165, 1.54) is 11.8 Å². The summed E-state index contributed by atoms with van der Waals surface area (Å²) in [5, 5.41) is 3.73. The topological polar surface area (TPSA) is 58.6 Å². The molecule has 2 amide bonds. The van der Waals surface area contributed by atoms with E-state index in [0.29, 0.717) is 23.7 Å². The first kappa shape index (κ1) is 28.6. The number of amides is 2. The van der Waals surface area contributed by atoms with E-state index < -0.39 is 6.04 Å². The number of hydrogen-bond donors (Lipinski definition) is 1. The summed E-state index contributed by atoms with van der Waals surface area (Å²) in [5.74, 6) is 1.54. The zero-order valence-corrected chi connectivity index (χ0v) is 23.2. The van der Waals surface area contributed by atoms with Gasteiger partial charge in [0.15, 0.2) is 0 Å². The molecule has 0 bridgehead atoms. The maximum atomic E-state index is 13.7. The molecule has 0 spiro atoms. The molecule has 2 atom stereocenters. The minimum absolute atomic E-state index is 0.0164. The van der Waals surface area contributed by atoms with Crippen molar-refractivity contribution in [2.45, 2.75) is 51.1 Å². The second-order valence-corrected chi connectivity index (χ2v) is 10.4. The molecule has 3 rings (SSSR count). The number of benzene rings is 3. The summed E-state index contributed by atoms with van der Waals surface area (Å²) >= 11 is 7.63. The fraction of sp³-hybridized carbons (Fsp3) is 0.333. The van der Waals surface area contributed by atoms with E-state index in [1.807, 2.05) is 92.7 Å². The van der Waals surface area contributed by atoms with Crippen LogP contribution in [0.5, 0.6) is 5.75 Å². The largest absolute Gasteiger partial charge is 0.497 e. The molecule has 5 nitrogen and oxygen atoms in total. The van der Waals surface area contributed by atoms with E-state index in [4.69, 9.17) is 16.3 Å². The Morgan fingerprint density at radius 1 is 0.946 bits per heavy atom. The van der Waals surface area contributed by atoms with Crippen LogP contribution in [-0.4, -0.2) is 41.7 Å². The predicted octanol–water partition coefficient (Wildman–Crippen LogP) is 6.14. The number of nitrogens with zero attached hydrogens (tertiary/aromatic N) is 1. The summed E-state index contributed by atoms with van der Waals surface area (Å²) < 4.78 is 5.23. The van der Waals surface area contributed by atoms with Gasteiger partial charge in [0, 0.05) is 29.8 Å². The van der Waals surface area contributed by atoms with Gasteiger partial charge in [-0.25, -0.2) is 0 Å². The van der Waals surface area contributed by atoms with Crippen molar-refractivity contribution in [1.82, 2.24) is 10.2 Å². The highest BCUT2D eigenvalue weighted by molar-refractivity contribution is 7.99. The van der Waals surface area contributed by atoms with E-state index in [0.717, 1.165) is 28.9 Å². The maximum Gasteiger partial charge on any atom is 0.243 e. The van der Waals surface area contributed by atoms with Gasteiger partial charge in [0.2, 0.25) is 11.8 Å². The van der Waals surface area contributed by atoms with Crippen LogP contribution in [-0.2, 0) is 28.3 Å². The van der Waals surface area contributed by atoms with Crippen LogP contribution in [0.3, 0.4) is 0 Å². The molecule has 0 saturated heterocycles. The molecule has 3 aromatic rings. The van der Waals surface area contributed by atoms with Gasteiger partial charge in [0.25, 0.3) is 0 Å². The van der Waals surface area contributed by atoms with Crippen LogP contribution in [0.1, 0.15) is 37.0 Å². The van der Waals surface area contributed by atoms with Gasteiger partial charge in [-0.15, -0.1) is 11.8 Å². The normalized spacial score (nSPS) is 12.4. The molecule has 196 valence electrons. The van der Waals surface area contributed by atoms with Gasteiger partial charge >= 0.3 is 0 Å². The summed E-state index contributed by atoms with van der Waals surface area (Å²) in [6.45, 7) is 4.33. The van der Waals surface area contributed by atoms with Gasteiger partial charge in [-0.1, -0.05) is 73.1 Å². The minimum atomic E-state index is -0.638. The van der Waals surface area contributed by atoms with E-state index >= 15 is 0 Å². The third kappa shape index (κ3) is 9.13. The van der Waals surface area contributed by atoms with Crippen LogP contribution in [0.15, 0.2) is 78.9 Å². The van der Waals surface area contributed by atoms with Crippen LogP contribution in [0.4, 0.5) is 0 Å². The van der Waals surface area contributed by atoms with Crippen molar-refractivity contribution < 1.29 is 14.3 Å². The standard InChI is InChI=1S/C30H35ClN2O3S/c1-4-22(2)32-30(35)28(18-23-8-6-5-7-9-23)33(19-24-10-14-26(31)15-11-24)29(34)21-37-20-25-12-16-27(36-3)17-13-25/h5-17,22,28H,4,18-21H2,1-3H3,(H,32,35). The van der Waals surface area contributed by atoms with E-state index in [2.05, 4.69) is 5.32 Å². The van der Waals surface area contributed by atoms with Crippen LogP contribution in [0.25, 0.3) is 0 Å². The minimum Gasteiger partial charge on any atom is -0.497 e. The average molecular weight is 539 g/mol. The molecule has 3 aromatic carbocycles. The van der Waals surface area contributed by atoms with Crippen LogP contribution in [0, 0.1) is 0 Å². The van der Waals surface area contributed by atoms with E-state index in [9.17, 15) is 9.59 Å². The summed E-state index contributed by atoms with van der Waals surface area (Å²) in [6.07, 6.45) is 1.25. The lowest BCUT2D eigenvalue weighted by atomic mass is 10.0. The third-order valence-electron chi connectivity index (χ3n) is 6.19. The average Bonchev–Trinajstić information content (AvgIpc) is 2.92. The lowest BCUT2D eigenvalue weighted by molar-refractivity contribution is -0.139. The number of nitrogens with one attached hydrogen (secondary N) is 1. The van der Waals surface area contributed by atoms with Crippen molar-refractivity contribution in [2.24, 2.45) is 0 Å². The second-order valence-electron chi connectivity index (χ2n) is 9.01.